The van der Waals surface area contributed by atoms with Crippen LogP contribution in [0.4, 0.5) is 0 Å². The van der Waals surface area contributed by atoms with E-state index in [0.717, 1.165) is 19.5 Å². The van der Waals surface area contributed by atoms with Crippen molar-refractivity contribution in [3.63, 3.8) is 0 Å². The van der Waals surface area contributed by atoms with Crippen molar-refractivity contribution in [1.82, 2.24) is 4.90 Å². The minimum absolute atomic E-state index is 0.184. The highest BCUT2D eigenvalue weighted by molar-refractivity contribution is 5.83. The molecule has 2 heteroatoms. The molecule has 2 nitrogen and oxygen atoms in total. The molecule has 0 aromatic carbocycles. The Morgan fingerprint density at radius 1 is 1.27 bits per heavy atom. The van der Waals surface area contributed by atoms with Crippen molar-refractivity contribution in [3.05, 3.63) is 0 Å². The maximum absolute atomic E-state index is 12.2. The van der Waals surface area contributed by atoms with Crippen molar-refractivity contribution in [2.45, 2.75) is 48.0 Å². The third kappa shape index (κ3) is 2.96. The van der Waals surface area contributed by atoms with Crippen LogP contribution in [0.3, 0.4) is 0 Å². The molecular weight excluding hydrogens is 186 g/mol. The molecule has 0 aromatic heterocycles. The highest BCUT2D eigenvalue weighted by Crippen LogP contribution is 2.40. The molecule has 0 unspecified atom stereocenters. The van der Waals surface area contributed by atoms with Gasteiger partial charge >= 0.3 is 0 Å². The summed E-state index contributed by atoms with van der Waals surface area (Å²) < 4.78 is 0. The van der Waals surface area contributed by atoms with Crippen molar-refractivity contribution in [2.24, 2.45) is 16.7 Å². The van der Waals surface area contributed by atoms with Gasteiger partial charge in [0.05, 0.1) is 0 Å². The number of hydrogen-bond donors (Lipinski definition) is 0. The standard InChI is InChI=1S/C13H25NO/c1-10(2)7-14-9-12(3,4)8-13(5,6)11(14)15/h10H,7-9H2,1-6H3. The van der Waals surface area contributed by atoms with Crippen molar-refractivity contribution >= 4 is 5.91 Å². The normalized spacial score (nSPS) is 24.7. The maximum Gasteiger partial charge on any atom is 0.228 e. The number of likely N-dealkylation sites (tertiary alicyclic amines) is 1. The minimum Gasteiger partial charge on any atom is -0.341 e. The number of piperidine rings is 1. The summed E-state index contributed by atoms with van der Waals surface area (Å²) in [6.07, 6.45) is 0.993. The van der Waals surface area contributed by atoms with Gasteiger partial charge in [0.1, 0.15) is 0 Å². The van der Waals surface area contributed by atoms with Gasteiger partial charge in [-0.2, -0.15) is 0 Å². The van der Waals surface area contributed by atoms with Crippen LogP contribution in [0.1, 0.15) is 48.0 Å². The molecule has 1 amide bonds. The fraction of sp³-hybridized carbons (Fsp3) is 0.923. The van der Waals surface area contributed by atoms with Crippen LogP contribution in [-0.4, -0.2) is 23.9 Å². The van der Waals surface area contributed by atoms with Crippen LogP contribution in [0.2, 0.25) is 0 Å². The van der Waals surface area contributed by atoms with Gasteiger partial charge in [-0.25, -0.2) is 0 Å². The van der Waals surface area contributed by atoms with Gasteiger partial charge in [0.15, 0.2) is 0 Å². The first-order valence-corrected chi connectivity index (χ1v) is 5.93. The molecule has 0 bridgehead atoms. The molecule has 1 aliphatic heterocycles. The number of nitrogens with zero attached hydrogens (tertiary/aromatic N) is 1. The van der Waals surface area contributed by atoms with Gasteiger partial charge in [-0.3, -0.25) is 4.79 Å². The van der Waals surface area contributed by atoms with Crippen molar-refractivity contribution in [2.75, 3.05) is 13.1 Å². The fourth-order valence-corrected chi connectivity index (χ4v) is 2.93. The Kier molecular flexibility index (Phi) is 3.18. The number of carbonyl (C=O) groups excluding carboxylic acids is 1. The lowest BCUT2D eigenvalue weighted by Crippen LogP contribution is -2.53. The Hall–Kier alpha value is -0.530. The Morgan fingerprint density at radius 3 is 2.27 bits per heavy atom. The van der Waals surface area contributed by atoms with Crippen LogP contribution in [0.5, 0.6) is 0 Å². The van der Waals surface area contributed by atoms with Gasteiger partial charge < -0.3 is 4.90 Å². The van der Waals surface area contributed by atoms with E-state index in [1.54, 1.807) is 0 Å². The predicted molar refractivity (Wildman–Crippen MR) is 63.6 cm³/mol. The first kappa shape index (κ1) is 12.5. The molecule has 0 radical (unpaired) electrons. The topological polar surface area (TPSA) is 20.3 Å². The molecule has 88 valence electrons. The highest BCUT2D eigenvalue weighted by Gasteiger charge is 2.43. The van der Waals surface area contributed by atoms with E-state index in [0.29, 0.717) is 11.8 Å². The van der Waals surface area contributed by atoms with Crippen LogP contribution < -0.4 is 0 Å². The van der Waals surface area contributed by atoms with E-state index in [4.69, 9.17) is 0 Å². The van der Waals surface area contributed by atoms with Gasteiger partial charge in [0, 0.05) is 18.5 Å². The van der Waals surface area contributed by atoms with Crippen LogP contribution in [0.15, 0.2) is 0 Å². The summed E-state index contributed by atoms with van der Waals surface area (Å²) in [7, 11) is 0. The van der Waals surface area contributed by atoms with Gasteiger partial charge in [0.2, 0.25) is 5.91 Å². The summed E-state index contributed by atoms with van der Waals surface area (Å²) in [5.74, 6) is 0.883. The summed E-state index contributed by atoms with van der Waals surface area (Å²) in [5, 5.41) is 0. The zero-order valence-corrected chi connectivity index (χ0v) is 11.1. The van der Waals surface area contributed by atoms with Crippen LogP contribution in [-0.2, 0) is 4.79 Å². The largest absolute Gasteiger partial charge is 0.341 e. The summed E-state index contributed by atoms with van der Waals surface area (Å²) in [6.45, 7) is 14.8. The Labute approximate surface area is 94.0 Å². The first-order valence-electron chi connectivity index (χ1n) is 5.93. The fourth-order valence-electron chi connectivity index (χ4n) is 2.93. The van der Waals surface area contributed by atoms with E-state index in [-0.39, 0.29) is 10.8 Å². The number of rotatable bonds is 2. The van der Waals surface area contributed by atoms with Gasteiger partial charge in [0.25, 0.3) is 0 Å². The third-order valence-corrected chi connectivity index (χ3v) is 2.99. The zero-order valence-electron chi connectivity index (χ0n) is 11.1. The van der Waals surface area contributed by atoms with E-state index in [1.165, 1.54) is 0 Å². The van der Waals surface area contributed by atoms with Gasteiger partial charge in [-0.1, -0.05) is 41.5 Å². The smallest absolute Gasteiger partial charge is 0.228 e. The first-order chi connectivity index (χ1) is 6.64. The third-order valence-electron chi connectivity index (χ3n) is 2.99. The molecule has 1 heterocycles. The van der Waals surface area contributed by atoms with Crippen LogP contribution in [0.25, 0.3) is 0 Å². The molecule has 1 fully saturated rings. The number of carbonyl (C=O) groups is 1. The average molecular weight is 211 g/mol. The summed E-state index contributed by atoms with van der Waals surface area (Å²) in [5.41, 5.74) is 0.0724. The van der Waals surface area contributed by atoms with Crippen molar-refractivity contribution < 1.29 is 4.79 Å². The maximum atomic E-state index is 12.2. The minimum atomic E-state index is -0.184. The molecule has 1 rings (SSSR count). The second-order valence-electron chi connectivity index (χ2n) is 6.80. The lowest BCUT2D eigenvalue weighted by atomic mass is 9.70. The van der Waals surface area contributed by atoms with E-state index in [1.807, 2.05) is 4.90 Å². The predicted octanol–water partition coefficient (Wildman–Crippen LogP) is 2.93. The molecule has 0 N–H and O–H groups in total. The SMILES string of the molecule is CC(C)CN1CC(C)(C)CC(C)(C)C1=O. The zero-order chi connectivity index (χ0) is 11.9. The molecular formula is C13H25NO. The molecule has 1 aliphatic rings. The van der Waals surface area contributed by atoms with Crippen LogP contribution in [0, 0.1) is 16.7 Å². The Balaban J connectivity index is 2.83. The molecule has 0 aromatic rings. The van der Waals surface area contributed by atoms with Crippen molar-refractivity contribution in [1.29, 1.82) is 0 Å². The summed E-state index contributed by atoms with van der Waals surface area (Å²) >= 11 is 0. The number of hydrogen-bond acceptors (Lipinski definition) is 1. The van der Waals surface area contributed by atoms with E-state index < -0.39 is 0 Å². The molecule has 0 aliphatic carbocycles. The number of amides is 1. The van der Waals surface area contributed by atoms with Crippen LogP contribution >= 0.6 is 0 Å². The van der Waals surface area contributed by atoms with E-state index in [9.17, 15) is 4.79 Å². The molecule has 0 spiro atoms. The van der Waals surface area contributed by atoms with Gasteiger partial charge in [-0.05, 0) is 17.8 Å². The molecule has 0 atom stereocenters. The molecule has 15 heavy (non-hydrogen) atoms. The van der Waals surface area contributed by atoms with E-state index >= 15 is 0 Å². The van der Waals surface area contributed by atoms with Gasteiger partial charge in [-0.15, -0.1) is 0 Å². The summed E-state index contributed by atoms with van der Waals surface area (Å²) in [6, 6.07) is 0. The Morgan fingerprint density at radius 2 is 1.80 bits per heavy atom. The Bertz CT molecular complexity index is 253. The average Bonchev–Trinajstić information content (AvgIpc) is 1.95. The monoisotopic (exact) mass is 211 g/mol. The lowest BCUT2D eigenvalue weighted by Gasteiger charge is -2.46. The van der Waals surface area contributed by atoms with E-state index in [2.05, 4.69) is 41.5 Å². The molecule has 1 saturated heterocycles. The second-order valence-corrected chi connectivity index (χ2v) is 6.80. The molecule has 0 saturated carbocycles. The lowest BCUT2D eigenvalue weighted by molar-refractivity contribution is -0.150. The quantitative estimate of drug-likeness (QED) is 0.687. The second kappa shape index (κ2) is 3.80. The highest BCUT2D eigenvalue weighted by atomic mass is 16.2. The summed E-state index contributed by atoms with van der Waals surface area (Å²) in [4.78, 5) is 14.2. The van der Waals surface area contributed by atoms with Crippen molar-refractivity contribution in [3.8, 4) is 0 Å².